The van der Waals surface area contributed by atoms with Crippen molar-refractivity contribution in [3.05, 3.63) is 16.8 Å². The second kappa shape index (κ2) is 9.27. The summed E-state index contributed by atoms with van der Waals surface area (Å²) in [6, 6.07) is 2.26. The minimum Gasteiger partial charge on any atom is -0.383 e. The second-order valence-electron chi connectivity index (χ2n) is 4.89. The van der Waals surface area contributed by atoms with E-state index in [0.29, 0.717) is 18.0 Å². The zero-order valence-electron chi connectivity index (χ0n) is 13.4. The van der Waals surface area contributed by atoms with Crippen molar-refractivity contribution >= 4 is 5.82 Å². The molecule has 0 atom stereocenters. The molecule has 0 saturated carbocycles. The average molecular weight is 291 g/mol. The van der Waals surface area contributed by atoms with Gasteiger partial charge in [-0.2, -0.15) is 10.4 Å². The first-order valence-corrected chi connectivity index (χ1v) is 7.37. The highest BCUT2D eigenvalue weighted by Crippen LogP contribution is 2.19. The smallest absolute Gasteiger partial charge is 0.166 e. The summed E-state index contributed by atoms with van der Waals surface area (Å²) in [4.78, 5) is 2.16. The van der Waals surface area contributed by atoms with Crippen LogP contribution in [0.3, 0.4) is 0 Å². The van der Waals surface area contributed by atoms with E-state index in [1.165, 1.54) is 0 Å². The first-order chi connectivity index (χ1) is 10.2. The topological polar surface area (TPSA) is 74.1 Å². The van der Waals surface area contributed by atoms with Crippen LogP contribution in [0.5, 0.6) is 0 Å². The number of likely N-dealkylation sites (N-methyl/N-ethyl adjacent to an activating group) is 1. The van der Waals surface area contributed by atoms with Gasteiger partial charge in [0.2, 0.25) is 0 Å². The van der Waals surface area contributed by atoms with Gasteiger partial charge in [0, 0.05) is 26.7 Å². The van der Waals surface area contributed by atoms with Gasteiger partial charge in [0.05, 0.1) is 12.3 Å². The van der Waals surface area contributed by atoms with Gasteiger partial charge in [0.1, 0.15) is 11.6 Å². The molecule has 1 rings (SSSR count). The lowest BCUT2D eigenvalue weighted by Crippen LogP contribution is -2.28. The molecule has 0 aliphatic heterocycles. The predicted molar refractivity (Wildman–Crippen MR) is 83.4 cm³/mol. The maximum atomic E-state index is 9.39. The summed E-state index contributed by atoms with van der Waals surface area (Å²) in [6.45, 7) is 7.24. The average Bonchev–Trinajstić information content (AvgIpc) is 2.51. The molecule has 1 aromatic rings. The van der Waals surface area contributed by atoms with Gasteiger partial charge in [0.15, 0.2) is 5.82 Å². The Hall–Kier alpha value is -1.71. The van der Waals surface area contributed by atoms with Crippen LogP contribution < -0.4 is 5.32 Å². The lowest BCUT2D eigenvalue weighted by Gasteiger charge is -2.17. The highest BCUT2D eigenvalue weighted by Gasteiger charge is 2.13. The fourth-order valence-corrected chi connectivity index (χ4v) is 2.14. The summed E-state index contributed by atoms with van der Waals surface area (Å²) in [6.07, 6.45) is 1.59. The van der Waals surface area contributed by atoms with Crippen molar-refractivity contribution < 1.29 is 4.74 Å². The zero-order valence-corrected chi connectivity index (χ0v) is 13.4. The number of nitriles is 1. The Labute approximate surface area is 127 Å². The monoisotopic (exact) mass is 291 g/mol. The van der Waals surface area contributed by atoms with Gasteiger partial charge in [-0.1, -0.05) is 13.8 Å². The quantitative estimate of drug-likeness (QED) is 0.742. The van der Waals surface area contributed by atoms with E-state index >= 15 is 0 Å². The fourth-order valence-electron chi connectivity index (χ4n) is 2.14. The number of methoxy groups -OCH3 is 1. The molecule has 1 heterocycles. The van der Waals surface area contributed by atoms with Gasteiger partial charge in [0.25, 0.3) is 0 Å². The fraction of sp³-hybridized carbons (Fsp3) is 0.667. The number of hydrogen-bond donors (Lipinski definition) is 1. The van der Waals surface area contributed by atoms with Crippen molar-refractivity contribution in [3.8, 4) is 6.07 Å². The van der Waals surface area contributed by atoms with E-state index < -0.39 is 0 Å². The lowest BCUT2D eigenvalue weighted by atomic mass is 10.0. The molecular formula is C15H25N5O. The van der Waals surface area contributed by atoms with Gasteiger partial charge < -0.3 is 15.0 Å². The van der Waals surface area contributed by atoms with Crippen LogP contribution in [0.2, 0.25) is 0 Å². The molecule has 0 bridgehead atoms. The number of aryl methyl sites for hydroxylation is 1. The number of rotatable bonds is 9. The largest absolute Gasteiger partial charge is 0.383 e. The van der Waals surface area contributed by atoms with E-state index in [-0.39, 0.29) is 0 Å². The standard InChI is InChI=1S/C15H25N5O/c1-5-12-13(11-16)15(19-18-14(12)6-2)17-7-8-20(3)9-10-21-4/h5-10H2,1-4H3,(H,17,19). The molecule has 0 unspecified atom stereocenters. The van der Waals surface area contributed by atoms with Gasteiger partial charge in [-0.05, 0) is 25.5 Å². The van der Waals surface area contributed by atoms with E-state index in [1.54, 1.807) is 7.11 Å². The molecule has 0 amide bonds. The van der Waals surface area contributed by atoms with Crippen molar-refractivity contribution in [2.75, 3.05) is 45.7 Å². The third-order valence-corrected chi connectivity index (χ3v) is 3.42. The highest BCUT2D eigenvalue weighted by atomic mass is 16.5. The second-order valence-corrected chi connectivity index (χ2v) is 4.89. The Morgan fingerprint density at radius 2 is 2.00 bits per heavy atom. The Bertz CT molecular complexity index is 484. The van der Waals surface area contributed by atoms with Crippen LogP contribution in [0.4, 0.5) is 5.82 Å². The van der Waals surface area contributed by atoms with Crippen molar-refractivity contribution in [2.24, 2.45) is 0 Å². The van der Waals surface area contributed by atoms with E-state index in [2.05, 4.69) is 26.5 Å². The van der Waals surface area contributed by atoms with Crippen molar-refractivity contribution in [3.63, 3.8) is 0 Å². The molecule has 6 nitrogen and oxygen atoms in total. The predicted octanol–water partition coefficient (Wildman–Crippen LogP) is 1.46. The summed E-state index contributed by atoms with van der Waals surface area (Å²) in [5.74, 6) is 0.590. The number of hydrogen-bond acceptors (Lipinski definition) is 6. The maximum absolute atomic E-state index is 9.39. The van der Waals surface area contributed by atoms with Crippen LogP contribution in [0, 0.1) is 11.3 Å². The minimum absolute atomic E-state index is 0.590. The number of ether oxygens (including phenoxy) is 1. The van der Waals surface area contributed by atoms with Gasteiger partial charge in [-0.15, -0.1) is 5.10 Å². The summed E-state index contributed by atoms with van der Waals surface area (Å²) >= 11 is 0. The Morgan fingerprint density at radius 3 is 2.57 bits per heavy atom. The SMILES string of the molecule is CCc1nnc(NCCN(C)CCOC)c(C#N)c1CC. The first-order valence-electron chi connectivity index (χ1n) is 7.37. The molecule has 0 aliphatic carbocycles. The number of aromatic nitrogens is 2. The van der Waals surface area contributed by atoms with Gasteiger partial charge in [-0.3, -0.25) is 0 Å². The van der Waals surface area contributed by atoms with Crippen LogP contribution in [-0.2, 0) is 17.6 Å². The van der Waals surface area contributed by atoms with Crippen molar-refractivity contribution in [1.82, 2.24) is 15.1 Å². The molecule has 1 aromatic heterocycles. The molecule has 1 N–H and O–H groups in total. The van der Waals surface area contributed by atoms with E-state index in [4.69, 9.17) is 4.74 Å². The number of nitrogens with one attached hydrogen (secondary N) is 1. The summed E-state index contributed by atoms with van der Waals surface area (Å²) in [5.41, 5.74) is 2.55. The Balaban J connectivity index is 2.69. The minimum atomic E-state index is 0.590. The van der Waals surface area contributed by atoms with Crippen LogP contribution >= 0.6 is 0 Å². The number of anilines is 1. The highest BCUT2D eigenvalue weighted by molar-refractivity contribution is 5.56. The zero-order chi connectivity index (χ0) is 15.7. The molecule has 0 radical (unpaired) electrons. The summed E-state index contributed by atoms with van der Waals surface area (Å²) in [7, 11) is 3.73. The van der Waals surface area contributed by atoms with Gasteiger partial charge in [-0.25, -0.2) is 0 Å². The molecule has 0 aromatic carbocycles. The van der Waals surface area contributed by atoms with Crippen LogP contribution in [-0.4, -0.2) is 55.5 Å². The molecule has 0 aliphatic rings. The van der Waals surface area contributed by atoms with E-state index in [0.717, 1.165) is 43.7 Å². The van der Waals surface area contributed by atoms with Crippen LogP contribution in [0.15, 0.2) is 0 Å². The lowest BCUT2D eigenvalue weighted by molar-refractivity contribution is 0.163. The van der Waals surface area contributed by atoms with Gasteiger partial charge >= 0.3 is 0 Å². The molecular weight excluding hydrogens is 266 g/mol. The Kier molecular flexibility index (Phi) is 7.65. The molecule has 21 heavy (non-hydrogen) atoms. The molecule has 0 fully saturated rings. The third-order valence-electron chi connectivity index (χ3n) is 3.42. The normalized spacial score (nSPS) is 10.7. The maximum Gasteiger partial charge on any atom is 0.166 e. The molecule has 0 saturated heterocycles. The molecule has 0 spiro atoms. The Morgan fingerprint density at radius 1 is 1.24 bits per heavy atom. The molecule has 116 valence electrons. The van der Waals surface area contributed by atoms with E-state index in [1.807, 2.05) is 20.9 Å². The third kappa shape index (κ3) is 4.96. The van der Waals surface area contributed by atoms with Crippen molar-refractivity contribution in [2.45, 2.75) is 26.7 Å². The van der Waals surface area contributed by atoms with E-state index in [9.17, 15) is 5.26 Å². The van der Waals surface area contributed by atoms with Crippen molar-refractivity contribution in [1.29, 1.82) is 5.26 Å². The molecule has 6 heteroatoms. The van der Waals surface area contributed by atoms with Crippen LogP contribution in [0.1, 0.15) is 30.7 Å². The first kappa shape index (κ1) is 17.3. The van der Waals surface area contributed by atoms with Crippen LogP contribution in [0.25, 0.3) is 0 Å². The number of nitrogens with zero attached hydrogens (tertiary/aromatic N) is 4. The summed E-state index contributed by atoms with van der Waals surface area (Å²) < 4.78 is 5.04. The summed E-state index contributed by atoms with van der Waals surface area (Å²) in [5, 5.41) is 21.0.